The van der Waals surface area contributed by atoms with Gasteiger partial charge in [0.25, 0.3) is 10.2 Å². The van der Waals surface area contributed by atoms with Gasteiger partial charge in [0.1, 0.15) is 0 Å². The van der Waals surface area contributed by atoms with Crippen LogP contribution in [-0.2, 0) is 14.9 Å². The molecule has 1 atom stereocenters. The Kier molecular flexibility index (Phi) is 5.98. The lowest BCUT2D eigenvalue weighted by Crippen LogP contribution is -2.45. The summed E-state index contributed by atoms with van der Waals surface area (Å²) in [6.45, 7) is 3.03. The first-order valence-electron chi connectivity index (χ1n) is 6.78. The molecule has 1 aromatic carbocycles. The van der Waals surface area contributed by atoms with E-state index in [2.05, 4.69) is 14.3 Å². The second-order valence-corrected chi connectivity index (χ2v) is 6.85. The number of hydrogen-bond acceptors (Lipinski definition) is 4. The van der Waals surface area contributed by atoms with Gasteiger partial charge in [-0.1, -0.05) is 29.8 Å². The van der Waals surface area contributed by atoms with E-state index in [0.717, 1.165) is 18.7 Å². The second-order valence-electron chi connectivity index (χ2n) is 4.74. The molecule has 0 bridgehead atoms. The molecule has 0 spiro atoms. The lowest BCUT2D eigenvalue weighted by Gasteiger charge is -2.35. The van der Waals surface area contributed by atoms with E-state index in [1.165, 1.54) is 7.05 Å². The Bertz CT molecular complexity index is 562. The van der Waals surface area contributed by atoms with Gasteiger partial charge in [0.05, 0.1) is 19.3 Å². The maximum absolute atomic E-state index is 11.6. The van der Waals surface area contributed by atoms with Gasteiger partial charge >= 0.3 is 0 Å². The van der Waals surface area contributed by atoms with Crippen LogP contribution in [0.25, 0.3) is 0 Å². The first-order valence-corrected chi connectivity index (χ1v) is 8.64. The standard InChI is InChI=1S/C13H20ClN3O3S/c1-15-21(18,19)16-10-13(17-6-8-20-9-7-17)11-4-2-3-5-12(11)14/h2-5,13,15-16H,6-10H2,1H3. The first-order chi connectivity index (χ1) is 10.0. The Morgan fingerprint density at radius 1 is 1.33 bits per heavy atom. The van der Waals surface area contributed by atoms with Crippen LogP contribution in [-0.4, -0.2) is 53.2 Å². The lowest BCUT2D eigenvalue weighted by molar-refractivity contribution is 0.0172. The van der Waals surface area contributed by atoms with Crippen molar-refractivity contribution >= 4 is 21.8 Å². The fourth-order valence-corrected chi connectivity index (χ4v) is 3.11. The highest BCUT2D eigenvalue weighted by Gasteiger charge is 2.25. The van der Waals surface area contributed by atoms with Gasteiger partial charge in [0.2, 0.25) is 0 Å². The maximum Gasteiger partial charge on any atom is 0.276 e. The summed E-state index contributed by atoms with van der Waals surface area (Å²) in [6, 6.07) is 7.39. The van der Waals surface area contributed by atoms with Gasteiger partial charge in [-0.3, -0.25) is 4.90 Å². The molecule has 0 aliphatic carbocycles. The molecular weight excluding hydrogens is 314 g/mol. The smallest absolute Gasteiger partial charge is 0.276 e. The number of ether oxygens (including phenoxy) is 1. The van der Waals surface area contributed by atoms with Gasteiger partial charge in [0, 0.05) is 31.7 Å². The molecule has 1 heterocycles. The minimum absolute atomic E-state index is 0.120. The zero-order valence-electron chi connectivity index (χ0n) is 11.9. The number of hydrogen-bond donors (Lipinski definition) is 2. The molecule has 1 aliphatic heterocycles. The Balaban J connectivity index is 2.20. The van der Waals surface area contributed by atoms with Gasteiger partial charge in [-0.15, -0.1) is 0 Å². The second kappa shape index (κ2) is 7.53. The minimum atomic E-state index is -3.48. The first kappa shape index (κ1) is 16.7. The largest absolute Gasteiger partial charge is 0.379 e. The molecule has 1 saturated heterocycles. The number of nitrogens with zero attached hydrogens (tertiary/aromatic N) is 1. The van der Waals surface area contributed by atoms with Crippen LogP contribution in [0.3, 0.4) is 0 Å². The molecular formula is C13H20ClN3O3S. The molecule has 118 valence electrons. The highest BCUT2D eigenvalue weighted by Crippen LogP contribution is 2.27. The van der Waals surface area contributed by atoms with Crippen molar-refractivity contribution < 1.29 is 13.2 Å². The molecule has 8 heteroatoms. The van der Waals surface area contributed by atoms with E-state index in [1.807, 2.05) is 24.3 Å². The molecule has 2 rings (SSSR count). The van der Waals surface area contributed by atoms with Gasteiger partial charge in [-0.25, -0.2) is 9.44 Å². The molecule has 0 amide bonds. The average Bonchev–Trinajstić information content (AvgIpc) is 2.50. The quantitative estimate of drug-likeness (QED) is 0.806. The van der Waals surface area contributed by atoms with Crippen molar-refractivity contribution in [2.75, 3.05) is 39.9 Å². The molecule has 0 saturated carbocycles. The molecule has 1 aromatic rings. The van der Waals surface area contributed by atoms with Crippen molar-refractivity contribution in [2.24, 2.45) is 0 Å². The van der Waals surface area contributed by atoms with Gasteiger partial charge in [-0.05, 0) is 11.6 Å². The van der Waals surface area contributed by atoms with Crippen LogP contribution in [0.1, 0.15) is 11.6 Å². The van der Waals surface area contributed by atoms with E-state index < -0.39 is 10.2 Å². The predicted molar refractivity (Wildman–Crippen MR) is 82.6 cm³/mol. The number of morpholine rings is 1. The van der Waals surface area contributed by atoms with Crippen molar-refractivity contribution in [2.45, 2.75) is 6.04 Å². The third-order valence-electron chi connectivity index (χ3n) is 3.49. The number of benzene rings is 1. The third kappa shape index (κ3) is 4.64. The summed E-state index contributed by atoms with van der Waals surface area (Å²) in [6.07, 6.45) is 0. The molecule has 0 aromatic heterocycles. The Morgan fingerprint density at radius 3 is 2.62 bits per heavy atom. The minimum Gasteiger partial charge on any atom is -0.379 e. The van der Waals surface area contributed by atoms with Gasteiger partial charge in [0.15, 0.2) is 0 Å². The molecule has 1 fully saturated rings. The zero-order chi connectivity index (χ0) is 15.3. The summed E-state index contributed by atoms with van der Waals surface area (Å²) in [5.41, 5.74) is 0.917. The topological polar surface area (TPSA) is 70.7 Å². The van der Waals surface area contributed by atoms with E-state index in [0.29, 0.717) is 18.2 Å². The number of halogens is 1. The molecule has 1 unspecified atom stereocenters. The fourth-order valence-electron chi connectivity index (χ4n) is 2.33. The van der Waals surface area contributed by atoms with Crippen molar-refractivity contribution in [1.82, 2.24) is 14.3 Å². The summed E-state index contributed by atoms with van der Waals surface area (Å²) in [7, 11) is -2.10. The molecule has 1 aliphatic rings. The van der Waals surface area contributed by atoms with Crippen LogP contribution in [0.15, 0.2) is 24.3 Å². The molecule has 6 nitrogen and oxygen atoms in total. The van der Waals surface area contributed by atoms with Crippen LogP contribution in [0, 0.1) is 0 Å². The van der Waals surface area contributed by atoms with Crippen molar-refractivity contribution in [3.63, 3.8) is 0 Å². The summed E-state index contributed by atoms with van der Waals surface area (Å²) in [5.74, 6) is 0. The van der Waals surface area contributed by atoms with Crippen LogP contribution in [0.5, 0.6) is 0 Å². The summed E-state index contributed by atoms with van der Waals surface area (Å²) >= 11 is 6.27. The van der Waals surface area contributed by atoms with Crippen LogP contribution < -0.4 is 9.44 Å². The molecule has 2 N–H and O–H groups in total. The van der Waals surface area contributed by atoms with Crippen molar-refractivity contribution in [3.8, 4) is 0 Å². The van der Waals surface area contributed by atoms with Gasteiger partial charge in [-0.2, -0.15) is 8.42 Å². The fraction of sp³-hybridized carbons (Fsp3) is 0.538. The van der Waals surface area contributed by atoms with Crippen molar-refractivity contribution in [3.05, 3.63) is 34.9 Å². The normalized spacial score (nSPS) is 18.6. The number of nitrogens with one attached hydrogen (secondary N) is 2. The molecule has 21 heavy (non-hydrogen) atoms. The van der Waals surface area contributed by atoms with Crippen molar-refractivity contribution in [1.29, 1.82) is 0 Å². The monoisotopic (exact) mass is 333 g/mol. The Morgan fingerprint density at radius 2 is 2.00 bits per heavy atom. The lowest BCUT2D eigenvalue weighted by atomic mass is 10.0. The Hall–Kier alpha value is -0.700. The zero-order valence-corrected chi connectivity index (χ0v) is 13.5. The summed E-state index contributed by atoms with van der Waals surface area (Å²) < 4.78 is 33.4. The van der Waals surface area contributed by atoms with Gasteiger partial charge < -0.3 is 4.74 Å². The van der Waals surface area contributed by atoms with E-state index >= 15 is 0 Å². The average molecular weight is 334 g/mol. The van der Waals surface area contributed by atoms with E-state index in [9.17, 15) is 8.42 Å². The van der Waals surface area contributed by atoms with Crippen LogP contribution >= 0.6 is 11.6 Å². The highest BCUT2D eigenvalue weighted by atomic mass is 35.5. The summed E-state index contributed by atoms with van der Waals surface area (Å²) in [4.78, 5) is 2.18. The Labute approximate surface area is 130 Å². The van der Waals surface area contributed by atoms with Crippen LogP contribution in [0.4, 0.5) is 0 Å². The van der Waals surface area contributed by atoms with E-state index in [1.54, 1.807) is 0 Å². The predicted octanol–water partition coefficient (Wildman–Crippen LogP) is 0.767. The maximum atomic E-state index is 11.6. The van der Waals surface area contributed by atoms with E-state index in [4.69, 9.17) is 16.3 Å². The summed E-state index contributed by atoms with van der Waals surface area (Å²) in [5, 5.41) is 0.637. The third-order valence-corrected chi connectivity index (χ3v) is 4.91. The highest BCUT2D eigenvalue weighted by molar-refractivity contribution is 7.87. The SMILES string of the molecule is CNS(=O)(=O)NCC(c1ccccc1Cl)N1CCOCC1. The van der Waals surface area contributed by atoms with E-state index in [-0.39, 0.29) is 12.6 Å². The number of rotatable bonds is 6. The molecule has 0 radical (unpaired) electrons. The van der Waals surface area contributed by atoms with Crippen LogP contribution in [0.2, 0.25) is 5.02 Å².